The second-order valence-electron chi connectivity index (χ2n) is 16.5. The fourth-order valence-corrected chi connectivity index (χ4v) is 9.79. The van der Waals surface area contributed by atoms with Gasteiger partial charge in [-0.3, -0.25) is 0 Å². The SMILES string of the molecule is c1ccc(-c2ccc3c4ccccc4n(-c4cc(-c5cc(-c6cccc7c6oc6ccccc67)nc(-c6ccccc6)n5)cc(-c5cc6ccccc6c6ccccc56)c4)c3c2)cc1. The minimum absolute atomic E-state index is 0.647. The predicted molar refractivity (Wildman–Crippen MR) is 266 cm³/mol. The summed E-state index contributed by atoms with van der Waals surface area (Å²) in [5.41, 5.74) is 14.0. The van der Waals surface area contributed by atoms with Crippen LogP contribution in [0.4, 0.5) is 0 Å². The molecule has 4 heteroatoms. The second kappa shape index (κ2) is 14.5. The summed E-state index contributed by atoms with van der Waals surface area (Å²) in [5.74, 6) is 0.647. The molecule has 0 saturated carbocycles. The lowest BCUT2D eigenvalue weighted by molar-refractivity contribution is 0.670. The first-order valence-electron chi connectivity index (χ1n) is 21.7. The molecule has 4 nitrogen and oxygen atoms in total. The van der Waals surface area contributed by atoms with Gasteiger partial charge in [0.2, 0.25) is 0 Å². The van der Waals surface area contributed by atoms with Crippen LogP contribution in [0.15, 0.2) is 229 Å². The first-order chi connectivity index (χ1) is 31.7. The Kier molecular flexibility index (Phi) is 8.18. The summed E-state index contributed by atoms with van der Waals surface area (Å²) in [7, 11) is 0. The topological polar surface area (TPSA) is 43.9 Å². The second-order valence-corrected chi connectivity index (χ2v) is 16.5. The molecule has 0 aliphatic heterocycles. The van der Waals surface area contributed by atoms with Crippen LogP contribution in [0.3, 0.4) is 0 Å². The highest BCUT2D eigenvalue weighted by atomic mass is 16.3. The Hall–Kier alpha value is -8.60. The Bertz CT molecular complexity index is 3960. The third-order valence-electron chi connectivity index (χ3n) is 12.8. The number of aromatic nitrogens is 3. The van der Waals surface area contributed by atoms with E-state index in [0.29, 0.717) is 5.82 Å². The molecule has 0 fully saturated rings. The van der Waals surface area contributed by atoms with Crippen molar-refractivity contribution in [1.82, 2.24) is 14.5 Å². The van der Waals surface area contributed by atoms with Gasteiger partial charge in [-0.15, -0.1) is 0 Å². The van der Waals surface area contributed by atoms with Gasteiger partial charge in [0.15, 0.2) is 5.82 Å². The van der Waals surface area contributed by atoms with Gasteiger partial charge < -0.3 is 8.98 Å². The summed E-state index contributed by atoms with van der Waals surface area (Å²) in [5, 5.41) is 9.40. The highest BCUT2D eigenvalue weighted by molar-refractivity contribution is 6.15. The van der Waals surface area contributed by atoms with E-state index in [1.54, 1.807) is 0 Å². The molecule has 0 saturated heterocycles. The Labute approximate surface area is 369 Å². The van der Waals surface area contributed by atoms with Crippen molar-refractivity contribution in [1.29, 1.82) is 0 Å². The molecule has 0 unspecified atom stereocenters. The minimum Gasteiger partial charge on any atom is -0.455 e. The summed E-state index contributed by atoms with van der Waals surface area (Å²) in [6, 6.07) is 80.0. The number of nitrogens with zero attached hydrogens (tertiary/aromatic N) is 3. The normalized spacial score (nSPS) is 11.8. The van der Waals surface area contributed by atoms with Crippen LogP contribution in [0, 0.1) is 0 Å². The van der Waals surface area contributed by atoms with Gasteiger partial charge in [0.25, 0.3) is 0 Å². The first-order valence-corrected chi connectivity index (χ1v) is 21.7. The molecule has 13 aromatic rings. The van der Waals surface area contributed by atoms with Crippen LogP contribution >= 0.6 is 0 Å². The summed E-state index contributed by atoms with van der Waals surface area (Å²) in [6.45, 7) is 0. The molecule has 0 spiro atoms. The van der Waals surface area contributed by atoms with E-state index in [1.807, 2.05) is 30.3 Å². The van der Waals surface area contributed by atoms with E-state index in [0.717, 1.165) is 77.9 Å². The molecule has 0 aliphatic carbocycles. The van der Waals surface area contributed by atoms with Crippen LogP contribution in [-0.2, 0) is 0 Å². The monoisotopic (exact) mass is 815 g/mol. The molecule has 3 heterocycles. The van der Waals surface area contributed by atoms with Gasteiger partial charge >= 0.3 is 0 Å². The van der Waals surface area contributed by atoms with Gasteiger partial charge in [0.1, 0.15) is 11.2 Å². The number of hydrogen-bond acceptors (Lipinski definition) is 3. The lowest BCUT2D eigenvalue weighted by atomic mass is 9.91. The fourth-order valence-electron chi connectivity index (χ4n) is 9.79. The van der Waals surface area contributed by atoms with Crippen molar-refractivity contribution in [3.63, 3.8) is 0 Å². The zero-order valence-electron chi connectivity index (χ0n) is 34.6. The van der Waals surface area contributed by atoms with Crippen molar-refractivity contribution in [2.45, 2.75) is 0 Å². The van der Waals surface area contributed by atoms with E-state index >= 15 is 0 Å². The van der Waals surface area contributed by atoms with Crippen LogP contribution in [0.5, 0.6) is 0 Å². The lowest BCUT2D eigenvalue weighted by Crippen LogP contribution is -1.99. The van der Waals surface area contributed by atoms with Gasteiger partial charge in [0, 0.05) is 43.9 Å². The van der Waals surface area contributed by atoms with E-state index in [4.69, 9.17) is 14.4 Å². The van der Waals surface area contributed by atoms with E-state index in [1.165, 1.54) is 43.4 Å². The number of fused-ring (bicyclic) bond motifs is 9. The fraction of sp³-hybridized carbons (Fsp3) is 0. The molecule has 3 aromatic heterocycles. The molecular weight excluding hydrogens is 779 g/mol. The standard InChI is InChI=1S/C60H37N3O/c1-3-16-38(17-4-1)40-30-31-49-48-24-11-13-28-56(48)63(57(49)36-40)44-33-42(53-35-41-20-7-8-21-45(41)46-22-9-10-23-47(46)53)32-43(34-44)54-37-55(62-60(61-54)39-18-5-2-6-19-39)52-27-15-26-51-50-25-12-14-29-58(50)64-59(51)52/h1-37H. The third-order valence-corrected chi connectivity index (χ3v) is 12.8. The zero-order valence-corrected chi connectivity index (χ0v) is 34.6. The van der Waals surface area contributed by atoms with Crippen LogP contribution in [0.2, 0.25) is 0 Å². The summed E-state index contributed by atoms with van der Waals surface area (Å²) in [6.07, 6.45) is 0. The number of hydrogen-bond donors (Lipinski definition) is 0. The molecule has 0 aliphatic rings. The molecule has 0 amide bonds. The van der Waals surface area contributed by atoms with E-state index < -0.39 is 0 Å². The number of benzene rings is 10. The summed E-state index contributed by atoms with van der Waals surface area (Å²) in [4.78, 5) is 10.7. The number of rotatable bonds is 6. The molecule has 0 N–H and O–H groups in total. The van der Waals surface area contributed by atoms with Crippen LogP contribution in [0.1, 0.15) is 0 Å². The first kappa shape index (κ1) is 36.1. The predicted octanol–water partition coefficient (Wildman–Crippen LogP) is 16.1. The molecule has 10 aromatic carbocycles. The minimum atomic E-state index is 0.647. The Morgan fingerprint density at radius 2 is 0.969 bits per heavy atom. The van der Waals surface area contributed by atoms with Crippen molar-refractivity contribution in [2.24, 2.45) is 0 Å². The Morgan fingerprint density at radius 3 is 1.81 bits per heavy atom. The van der Waals surface area contributed by atoms with Gasteiger partial charge in [-0.25, -0.2) is 9.97 Å². The number of furan rings is 1. The molecule has 0 radical (unpaired) electrons. The van der Waals surface area contributed by atoms with E-state index in [-0.39, 0.29) is 0 Å². The molecule has 13 rings (SSSR count). The van der Waals surface area contributed by atoms with Crippen molar-refractivity contribution in [3.05, 3.63) is 224 Å². The van der Waals surface area contributed by atoms with Crippen molar-refractivity contribution >= 4 is 65.3 Å². The van der Waals surface area contributed by atoms with E-state index in [2.05, 4.69) is 199 Å². The smallest absolute Gasteiger partial charge is 0.160 e. The maximum absolute atomic E-state index is 6.61. The summed E-state index contributed by atoms with van der Waals surface area (Å²) < 4.78 is 9.04. The number of para-hydroxylation sites is 3. The highest BCUT2D eigenvalue weighted by Crippen LogP contribution is 2.42. The molecule has 64 heavy (non-hydrogen) atoms. The lowest BCUT2D eigenvalue weighted by Gasteiger charge is -2.17. The van der Waals surface area contributed by atoms with Crippen LogP contribution in [0.25, 0.3) is 127 Å². The van der Waals surface area contributed by atoms with Gasteiger partial charge in [-0.05, 0) is 98.4 Å². The third kappa shape index (κ3) is 5.84. The highest BCUT2D eigenvalue weighted by Gasteiger charge is 2.20. The maximum atomic E-state index is 6.61. The summed E-state index contributed by atoms with van der Waals surface area (Å²) >= 11 is 0. The van der Waals surface area contributed by atoms with Gasteiger partial charge in [0.05, 0.1) is 22.4 Å². The average molecular weight is 816 g/mol. The Morgan fingerprint density at radius 1 is 0.328 bits per heavy atom. The molecule has 298 valence electrons. The average Bonchev–Trinajstić information content (AvgIpc) is 3.92. The quantitative estimate of drug-likeness (QED) is 0.157. The molecule has 0 bridgehead atoms. The van der Waals surface area contributed by atoms with Crippen LogP contribution < -0.4 is 0 Å². The van der Waals surface area contributed by atoms with Crippen molar-refractivity contribution in [3.8, 4) is 61.8 Å². The molecule has 0 atom stereocenters. The molecular formula is C60H37N3O. The van der Waals surface area contributed by atoms with Gasteiger partial charge in [-0.1, -0.05) is 170 Å². The van der Waals surface area contributed by atoms with Crippen molar-refractivity contribution < 1.29 is 4.42 Å². The van der Waals surface area contributed by atoms with Crippen LogP contribution in [-0.4, -0.2) is 14.5 Å². The van der Waals surface area contributed by atoms with Gasteiger partial charge in [-0.2, -0.15) is 0 Å². The zero-order chi connectivity index (χ0) is 42.1. The van der Waals surface area contributed by atoms with Crippen molar-refractivity contribution in [2.75, 3.05) is 0 Å². The van der Waals surface area contributed by atoms with E-state index in [9.17, 15) is 0 Å². The largest absolute Gasteiger partial charge is 0.455 e. The maximum Gasteiger partial charge on any atom is 0.160 e. The Balaban J connectivity index is 1.12.